The molecule has 0 aromatic heterocycles. The Hall–Kier alpha value is -2.88. The van der Waals surface area contributed by atoms with Crippen LogP contribution in [0.1, 0.15) is 45.0 Å². The summed E-state index contributed by atoms with van der Waals surface area (Å²) >= 11 is 6.82. The fourth-order valence-corrected chi connectivity index (χ4v) is 4.29. The maximum Gasteiger partial charge on any atom is 0.163 e. The molecule has 0 aliphatic heterocycles. The molecule has 0 unspecified atom stereocenters. The first-order valence-electron chi connectivity index (χ1n) is 10.2. The molecule has 0 bridgehead atoms. The monoisotopic (exact) mass is 568 g/mol. The van der Waals surface area contributed by atoms with Gasteiger partial charge in [-0.1, -0.05) is 68.1 Å². The smallest absolute Gasteiger partial charge is 0.163 e. The van der Waals surface area contributed by atoms with Crippen molar-refractivity contribution in [2.24, 2.45) is 0 Å². The Kier molecular flexibility index (Phi) is 8.87. The minimum Gasteiger partial charge on any atom is -0.493 e. The number of carbonyl (C=O) groups is 2. The van der Waals surface area contributed by atoms with Gasteiger partial charge in [0, 0.05) is 32.9 Å². The van der Waals surface area contributed by atoms with Gasteiger partial charge < -0.3 is 9.47 Å². The highest BCUT2D eigenvalue weighted by Crippen LogP contribution is 2.35. The van der Waals surface area contributed by atoms with E-state index in [9.17, 15) is 9.59 Å². The molecule has 3 aromatic rings. The van der Waals surface area contributed by atoms with Gasteiger partial charge in [-0.3, -0.25) is 9.59 Å². The number of carbonyl (C=O) groups excluding carboxylic acids is 2. The van der Waals surface area contributed by atoms with Gasteiger partial charge in [0.1, 0.15) is 6.61 Å². The third kappa shape index (κ3) is 6.80. The molecule has 0 saturated carbocycles. The Bertz CT molecular complexity index is 1140. The van der Waals surface area contributed by atoms with Gasteiger partial charge in [-0.25, -0.2) is 0 Å². The zero-order valence-corrected chi connectivity index (χ0v) is 21.2. The van der Waals surface area contributed by atoms with Crippen molar-refractivity contribution in [1.82, 2.24) is 0 Å². The molecule has 33 heavy (non-hydrogen) atoms. The van der Waals surface area contributed by atoms with E-state index in [-0.39, 0.29) is 36.9 Å². The lowest BCUT2D eigenvalue weighted by Gasteiger charge is -2.19. The van der Waals surface area contributed by atoms with E-state index in [0.29, 0.717) is 22.6 Å². The molecule has 168 valence electrons. The average molecular weight is 570 g/mol. The number of hydrogen-bond donors (Lipinski definition) is 0. The van der Waals surface area contributed by atoms with Crippen molar-refractivity contribution in [1.29, 1.82) is 0 Å². The Morgan fingerprint density at radius 1 is 0.879 bits per heavy atom. The summed E-state index contributed by atoms with van der Waals surface area (Å²) in [5.74, 6) is 2.99. The molecule has 4 nitrogen and oxygen atoms in total. The molecular weight excluding hydrogens is 548 g/mol. The fraction of sp³-hybridized carbons (Fsp3) is 0.185. The van der Waals surface area contributed by atoms with Crippen LogP contribution in [0.4, 0.5) is 0 Å². The summed E-state index contributed by atoms with van der Waals surface area (Å²) in [6, 6.07) is 19.9. The number of halogens is 2. The van der Waals surface area contributed by atoms with Crippen LogP contribution in [0.15, 0.2) is 75.7 Å². The molecule has 0 spiro atoms. The first-order chi connectivity index (χ1) is 15.9. The van der Waals surface area contributed by atoms with Gasteiger partial charge >= 0.3 is 0 Å². The van der Waals surface area contributed by atoms with Crippen molar-refractivity contribution in [2.75, 3.05) is 13.7 Å². The molecule has 0 amide bonds. The van der Waals surface area contributed by atoms with Crippen LogP contribution in [0.3, 0.4) is 0 Å². The zero-order valence-electron chi connectivity index (χ0n) is 18.0. The van der Waals surface area contributed by atoms with Crippen molar-refractivity contribution < 1.29 is 19.1 Å². The lowest BCUT2D eigenvalue weighted by Crippen LogP contribution is -2.13. The quantitative estimate of drug-likeness (QED) is 0.198. The predicted molar refractivity (Wildman–Crippen MR) is 136 cm³/mol. The first kappa shape index (κ1) is 24.8. The third-order valence-electron chi connectivity index (χ3n) is 5.13. The van der Waals surface area contributed by atoms with Gasteiger partial charge in [0.25, 0.3) is 0 Å². The number of ether oxygens (including phenoxy) is 2. The van der Waals surface area contributed by atoms with Crippen LogP contribution in [0.2, 0.25) is 0 Å². The molecule has 0 atom stereocenters. The Labute approximate surface area is 210 Å². The van der Waals surface area contributed by atoms with E-state index in [1.165, 1.54) is 7.11 Å². The minimum atomic E-state index is -0.349. The zero-order chi connectivity index (χ0) is 23.8. The standard InChI is InChI=1S/C27H22Br2O4/c1-3-12-33-26-11-10-18(17-27(26)32-2)21(15-24(30)19-6-4-8-22(28)13-19)16-25(31)20-7-5-9-23(29)14-20/h1,4-11,13-14,17,21H,12,15-16H2,2H3. The van der Waals surface area contributed by atoms with Crippen LogP contribution >= 0.6 is 31.9 Å². The number of hydrogen-bond acceptors (Lipinski definition) is 4. The summed E-state index contributed by atoms with van der Waals surface area (Å²) < 4.78 is 12.7. The van der Waals surface area contributed by atoms with Crippen LogP contribution in [0, 0.1) is 12.3 Å². The number of Topliss-reactive ketones (excluding diaryl/α,β-unsaturated/α-hetero) is 2. The van der Waals surface area contributed by atoms with Crippen LogP contribution in [0.5, 0.6) is 11.5 Å². The second-order valence-corrected chi connectivity index (χ2v) is 9.21. The van der Waals surface area contributed by atoms with Crippen molar-refractivity contribution >= 4 is 43.4 Å². The molecule has 0 aliphatic carbocycles. The molecular formula is C27H22Br2O4. The summed E-state index contributed by atoms with van der Waals surface area (Å²) in [6.45, 7) is 0.113. The maximum atomic E-state index is 13.1. The number of rotatable bonds is 10. The topological polar surface area (TPSA) is 52.6 Å². The number of benzene rings is 3. The molecule has 0 fully saturated rings. The summed E-state index contributed by atoms with van der Waals surface area (Å²) in [7, 11) is 1.54. The Morgan fingerprint density at radius 3 is 1.94 bits per heavy atom. The predicted octanol–water partition coefficient (Wildman–Crippen LogP) is 6.86. The normalized spacial score (nSPS) is 10.5. The van der Waals surface area contributed by atoms with Crippen LogP contribution < -0.4 is 9.47 Å². The summed E-state index contributed by atoms with van der Waals surface area (Å²) in [5, 5.41) is 0. The maximum absolute atomic E-state index is 13.1. The molecule has 3 aromatic carbocycles. The molecule has 0 radical (unpaired) electrons. The highest BCUT2D eigenvalue weighted by molar-refractivity contribution is 9.10. The Balaban J connectivity index is 1.93. The average Bonchev–Trinajstić information content (AvgIpc) is 2.82. The fourth-order valence-electron chi connectivity index (χ4n) is 3.49. The number of terminal acetylenes is 1. The van der Waals surface area contributed by atoms with Gasteiger partial charge in [-0.05, 0) is 47.9 Å². The van der Waals surface area contributed by atoms with Crippen LogP contribution in [0.25, 0.3) is 0 Å². The van der Waals surface area contributed by atoms with E-state index in [1.54, 1.807) is 36.4 Å². The second-order valence-electron chi connectivity index (χ2n) is 7.38. The van der Waals surface area contributed by atoms with Gasteiger partial charge in [0.2, 0.25) is 0 Å². The minimum absolute atomic E-state index is 0.0463. The van der Waals surface area contributed by atoms with Gasteiger partial charge in [0.05, 0.1) is 7.11 Å². The SMILES string of the molecule is C#CCOc1ccc(C(CC(=O)c2cccc(Br)c2)CC(=O)c2cccc(Br)c2)cc1OC. The van der Waals surface area contributed by atoms with E-state index in [0.717, 1.165) is 14.5 Å². The number of ketones is 2. The summed E-state index contributed by atoms with van der Waals surface area (Å²) in [5.41, 5.74) is 1.99. The lowest BCUT2D eigenvalue weighted by molar-refractivity contribution is 0.0944. The van der Waals surface area contributed by atoms with Crippen LogP contribution in [-0.2, 0) is 0 Å². The molecule has 0 saturated heterocycles. The van der Waals surface area contributed by atoms with E-state index in [4.69, 9.17) is 15.9 Å². The molecule has 6 heteroatoms. The van der Waals surface area contributed by atoms with Gasteiger partial charge in [0.15, 0.2) is 23.1 Å². The molecule has 0 N–H and O–H groups in total. The van der Waals surface area contributed by atoms with E-state index >= 15 is 0 Å². The molecule has 0 aliphatic rings. The van der Waals surface area contributed by atoms with E-state index in [1.807, 2.05) is 30.3 Å². The highest BCUT2D eigenvalue weighted by atomic mass is 79.9. The van der Waals surface area contributed by atoms with Crippen molar-refractivity contribution in [3.05, 3.63) is 92.4 Å². The molecule has 0 heterocycles. The Morgan fingerprint density at radius 2 is 1.45 bits per heavy atom. The van der Waals surface area contributed by atoms with Crippen molar-refractivity contribution in [2.45, 2.75) is 18.8 Å². The first-order valence-corrected chi connectivity index (χ1v) is 11.8. The van der Waals surface area contributed by atoms with Crippen LogP contribution in [-0.4, -0.2) is 25.3 Å². The highest BCUT2D eigenvalue weighted by Gasteiger charge is 2.23. The molecule has 3 rings (SSSR count). The summed E-state index contributed by atoms with van der Waals surface area (Å²) in [4.78, 5) is 26.2. The second kappa shape index (κ2) is 11.8. The van der Waals surface area contributed by atoms with Crippen molar-refractivity contribution in [3.63, 3.8) is 0 Å². The van der Waals surface area contributed by atoms with E-state index < -0.39 is 0 Å². The lowest BCUT2D eigenvalue weighted by atomic mass is 9.86. The largest absolute Gasteiger partial charge is 0.493 e. The van der Waals surface area contributed by atoms with Gasteiger partial charge in [-0.2, -0.15) is 0 Å². The van der Waals surface area contributed by atoms with Crippen molar-refractivity contribution in [3.8, 4) is 23.8 Å². The number of methoxy groups -OCH3 is 1. The third-order valence-corrected chi connectivity index (χ3v) is 6.11. The van der Waals surface area contributed by atoms with Gasteiger partial charge in [-0.15, -0.1) is 6.42 Å². The van der Waals surface area contributed by atoms with E-state index in [2.05, 4.69) is 37.8 Å². The summed E-state index contributed by atoms with van der Waals surface area (Å²) in [6.07, 6.45) is 5.63.